The minimum absolute atomic E-state index is 0.0421. The minimum atomic E-state index is -0.858. The number of fused-ring (bicyclic) bond motifs is 2. The second-order valence-electron chi connectivity index (χ2n) is 11.1. The van der Waals surface area contributed by atoms with Gasteiger partial charge < -0.3 is 25.8 Å². The number of hydrogen-bond donors (Lipinski definition) is 5. The number of benzene rings is 4. The molecular weight excluding hydrogens is 514 g/mol. The molecule has 0 saturated heterocycles. The third-order valence-corrected chi connectivity index (χ3v) is 7.39. The molecule has 0 radical (unpaired) electrons. The van der Waals surface area contributed by atoms with Gasteiger partial charge in [0.05, 0.1) is 11.6 Å². The number of carbonyl (C=O) groups excluding carboxylic acids is 1. The van der Waals surface area contributed by atoms with Crippen LogP contribution in [0.5, 0.6) is 5.75 Å². The molecule has 0 aliphatic carbocycles. The molecule has 0 aliphatic heterocycles. The number of pyridine rings is 1. The van der Waals surface area contributed by atoms with Gasteiger partial charge in [0, 0.05) is 35.6 Å². The van der Waals surface area contributed by atoms with Crippen molar-refractivity contribution < 1.29 is 15.0 Å². The van der Waals surface area contributed by atoms with Crippen molar-refractivity contribution in [3.05, 3.63) is 124 Å². The van der Waals surface area contributed by atoms with Crippen molar-refractivity contribution in [1.29, 1.82) is 0 Å². The summed E-state index contributed by atoms with van der Waals surface area (Å²) < 4.78 is 0. The van der Waals surface area contributed by atoms with E-state index in [0.717, 1.165) is 12.0 Å². The van der Waals surface area contributed by atoms with E-state index in [1.165, 1.54) is 28.5 Å². The maximum atomic E-state index is 12.9. The van der Waals surface area contributed by atoms with Crippen LogP contribution in [-0.2, 0) is 12.8 Å². The Balaban J connectivity index is 1.17. The zero-order valence-electron chi connectivity index (χ0n) is 23.3. The highest BCUT2D eigenvalue weighted by Crippen LogP contribution is 2.29. The highest BCUT2D eigenvalue weighted by atomic mass is 16.3. The van der Waals surface area contributed by atoms with E-state index in [0.29, 0.717) is 35.0 Å². The van der Waals surface area contributed by atoms with Gasteiger partial charge >= 0.3 is 0 Å². The van der Waals surface area contributed by atoms with Crippen LogP contribution in [0.25, 0.3) is 21.7 Å². The zero-order valence-corrected chi connectivity index (χ0v) is 23.3. The number of nitrogens with one attached hydrogen (secondary N) is 3. The second-order valence-corrected chi connectivity index (χ2v) is 11.1. The molecule has 0 aliphatic rings. The summed E-state index contributed by atoms with van der Waals surface area (Å²) in [5.41, 5.74) is 3.02. The number of aromatic nitrogens is 1. The van der Waals surface area contributed by atoms with Gasteiger partial charge in [-0.15, -0.1) is 0 Å². The maximum Gasteiger partial charge on any atom is 0.251 e. The monoisotopic (exact) mass is 549 g/mol. The number of aromatic amines is 1. The summed E-state index contributed by atoms with van der Waals surface area (Å²) in [5, 5.41) is 30.5. The van der Waals surface area contributed by atoms with Crippen molar-refractivity contribution in [1.82, 2.24) is 15.6 Å². The van der Waals surface area contributed by atoms with E-state index in [2.05, 4.69) is 45.9 Å². The van der Waals surface area contributed by atoms with E-state index >= 15 is 0 Å². The molecule has 0 fully saturated rings. The molecule has 7 heteroatoms. The maximum absolute atomic E-state index is 12.9. The lowest BCUT2D eigenvalue weighted by atomic mass is 9.93. The van der Waals surface area contributed by atoms with Gasteiger partial charge in [0.25, 0.3) is 5.91 Å². The summed E-state index contributed by atoms with van der Waals surface area (Å²) in [7, 11) is 0. The van der Waals surface area contributed by atoms with Gasteiger partial charge in [0.1, 0.15) is 5.75 Å². The number of aliphatic hydroxyl groups is 1. The first kappa shape index (κ1) is 28.1. The van der Waals surface area contributed by atoms with E-state index < -0.39 is 6.10 Å². The molecular formula is C34H35N3O4. The van der Waals surface area contributed by atoms with E-state index in [1.54, 1.807) is 12.1 Å². The van der Waals surface area contributed by atoms with Gasteiger partial charge in [0.2, 0.25) is 5.56 Å². The van der Waals surface area contributed by atoms with Crippen LogP contribution < -0.4 is 16.2 Å². The van der Waals surface area contributed by atoms with Gasteiger partial charge in [-0.2, -0.15) is 0 Å². The topological polar surface area (TPSA) is 114 Å². The SMILES string of the molecule is CC(C)(Cc1cccc(C(=O)NCCc2ccc3ccccc3c2)c1)NC[C@H](O)c1ccc(O)c2[nH]c(=O)ccc12. The largest absolute Gasteiger partial charge is 0.506 e. The van der Waals surface area contributed by atoms with Crippen LogP contribution in [0.3, 0.4) is 0 Å². The highest BCUT2D eigenvalue weighted by molar-refractivity contribution is 5.94. The Kier molecular flexibility index (Phi) is 8.19. The fraction of sp³-hybridized carbons (Fsp3) is 0.235. The lowest BCUT2D eigenvalue weighted by molar-refractivity contribution is 0.0954. The first-order valence-corrected chi connectivity index (χ1v) is 13.8. The van der Waals surface area contributed by atoms with Crippen molar-refractivity contribution in [2.24, 2.45) is 0 Å². The number of aliphatic hydroxyl groups excluding tert-OH is 1. The Morgan fingerprint density at radius 3 is 2.54 bits per heavy atom. The first-order chi connectivity index (χ1) is 19.7. The van der Waals surface area contributed by atoms with Crippen molar-refractivity contribution >= 4 is 27.6 Å². The fourth-order valence-electron chi connectivity index (χ4n) is 5.24. The fourth-order valence-corrected chi connectivity index (χ4v) is 5.24. The summed E-state index contributed by atoms with van der Waals surface area (Å²) in [6, 6.07) is 28.4. The normalized spacial score (nSPS) is 12.5. The van der Waals surface area contributed by atoms with Crippen LogP contribution in [0.2, 0.25) is 0 Å². The molecule has 1 aromatic heterocycles. The first-order valence-electron chi connectivity index (χ1n) is 13.8. The Morgan fingerprint density at radius 2 is 1.71 bits per heavy atom. The van der Waals surface area contributed by atoms with Crippen molar-refractivity contribution in [2.75, 3.05) is 13.1 Å². The zero-order chi connectivity index (χ0) is 29.0. The van der Waals surface area contributed by atoms with Gasteiger partial charge in [-0.1, -0.05) is 60.7 Å². The number of H-pyrrole nitrogens is 1. The third-order valence-electron chi connectivity index (χ3n) is 7.39. The number of carbonyl (C=O) groups is 1. The van der Waals surface area contributed by atoms with Crippen molar-refractivity contribution in [2.45, 2.75) is 38.3 Å². The van der Waals surface area contributed by atoms with E-state index in [1.807, 2.05) is 50.2 Å². The van der Waals surface area contributed by atoms with Gasteiger partial charge in [-0.3, -0.25) is 9.59 Å². The number of aromatic hydroxyl groups is 1. The number of hydrogen-bond acceptors (Lipinski definition) is 5. The minimum Gasteiger partial charge on any atom is -0.506 e. The van der Waals surface area contributed by atoms with E-state index in [4.69, 9.17) is 0 Å². The van der Waals surface area contributed by atoms with Crippen LogP contribution in [-0.4, -0.2) is 39.7 Å². The highest BCUT2D eigenvalue weighted by Gasteiger charge is 2.22. The Bertz CT molecular complexity index is 1760. The molecule has 1 atom stereocenters. The molecule has 0 spiro atoms. The molecule has 210 valence electrons. The summed E-state index contributed by atoms with van der Waals surface area (Å²) >= 11 is 0. The molecule has 0 bridgehead atoms. The second kappa shape index (κ2) is 12.0. The van der Waals surface area contributed by atoms with Crippen LogP contribution in [0.15, 0.2) is 95.8 Å². The van der Waals surface area contributed by atoms with Crippen molar-refractivity contribution in [3.63, 3.8) is 0 Å². The summed E-state index contributed by atoms with van der Waals surface area (Å²) in [4.78, 5) is 27.2. The Morgan fingerprint density at radius 1 is 0.902 bits per heavy atom. The average molecular weight is 550 g/mol. The molecule has 1 heterocycles. The molecule has 1 amide bonds. The predicted octanol–water partition coefficient (Wildman–Crippen LogP) is 5.00. The third kappa shape index (κ3) is 6.82. The molecule has 7 nitrogen and oxygen atoms in total. The predicted molar refractivity (Wildman–Crippen MR) is 163 cm³/mol. The average Bonchev–Trinajstić information content (AvgIpc) is 2.96. The number of β-amino-alcohol motifs (C(OH)–C–C–N with tert-alkyl or cyclic N) is 1. The van der Waals surface area contributed by atoms with E-state index in [9.17, 15) is 19.8 Å². The van der Waals surface area contributed by atoms with Crippen LogP contribution in [0, 0.1) is 0 Å². The molecule has 4 aromatic carbocycles. The van der Waals surface area contributed by atoms with Gasteiger partial charge in [0.15, 0.2) is 0 Å². The lowest BCUT2D eigenvalue weighted by Gasteiger charge is -2.28. The lowest BCUT2D eigenvalue weighted by Crippen LogP contribution is -2.43. The van der Waals surface area contributed by atoms with Crippen LogP contribution in [0.1, 0.15) is 47.0 Å². The Labute approximate surface area is 238 Å². The quantitative estimate of drug-likeness (QED) is 0.168. The molecule has 0 unspecified atom stereocenters. The Hall–Kier alpha value is -4.46. The van der Waals surface area contributed by atoms with E-state index in [-0.39, 0.29) is 29.3 Å². The van der Waals surface area contributed by atoms with Crippen LogP contribution in [0.4, 0.5) is 0 Å². The van der Waals surface area contributed by atoms with Crippen LogP contribution >= 0.6 is 0 Å². The summed E-state index contributed by atoms with van der Waals surface area (Å²) in [6.07, 6.45) is 0.534. The molecule has 41 heavy (non-hydrogen) atoms. The molecule has 5 N–H and O–H groups in total. The smallest absolute Gasteiger partial charge is 0.251 e. The number of rotatable bonds is 10. The summed E-state index contributed by atoms with van der Waals surface area (Å²) in [5.74, 6) is -0.148. The number of phenols is 1. The standard InChI is InChI=1S/C34H35N3O4/c1-34(2,36-21-30(39)27-12-14-29(38)32-28(27)13-15-31(40)37-32)20-23-6-5-9-26(19-23)33(41)35-17-16-22-10-11-24-7-3-4-8-25(24)18-22/h3-15,18-19,30,36,38-39H,16-17,20-21H2,1-2H3,(H,35,41)(H,37,40)/t30-/m0/s1. The molecule has 5 aromatic rings. The van der Waals surface area contributed by atoms with Gasteiger partial charge in [-0.25, -0.2) is 0 Å². The number of amides is 1. The molecule has 5 rings (SSSR count). The summed E-state index contributed by atoms with van der Waals surface area (Å²) in [6.45, 7) is 4.90. The van der Waals surface area contributed by atoms with Gasteiger partial charge in [-0.05, 0) is 78.4 Å². The molecule has 0 saturated carbocycles. The number of phenolic OH excluding ortho intramolecular Hbond substituents is 1. The van der Waals surface area contributed by atoms with Crippen molar-refractivity contribution in [3.8, 4) is 5.75 Å².